The van der Waals surface area contributed by atoms with Crippen LogP contribution in [0.5, 0.6) is 0 Å². The van der Waals surface area contributed by atoms with Crippen molar-refractivity contribution in [1.82, 2.24) is 5.32 Å². The average molecular weight is 284 g/mol. The van der Waals surface area contributed by atoms with Gasteiger partial charge in [-0.05, 0) is 50.0 Å². The quantitative estimate of drug-likeness (QED) is 0.747. The van der Waals surface area contributed by atoms with E-state index in [1.807, 2.05) is 11.8 Å². The molecule has 0 aliphatic heterocycles. The number of hydrogen-bond acceptors (Lipinski definition) is 2. The van der Waals surface area contributed by atoms with Gasteiger partial charge in [-0.25, -0.2) is 0 Å². The molecule has 0 amide bonds. The summed E-state index contributed by atoms with van der Waals surface area (Å²) in [5, 5.41) is 3.99. The molecule has 2 fully saturated rings. The number of hydrogen-bond donors (Lipinski definition) is 1. The van der Waals surface area contributed by atoms with Gasteiger partial charge in [0.25, 0.3) is 0 Å². The van der Waals surface area contributed by atoms with Crippen LogP contribution in [0.1, 0.15) is 71.1 Å². The highest BCUT2D eigenvalue weighted by atomic mass is 32.2. The Morgan fingerprint density at radius 1 is 1.00 bits per heavy atom. The van der Waals surface area contributed by atoms with Gasteiger partial charge in [-0.1, -0.05) is 44.9 Å². The molecule has 0 aromatic heterocycles. The van der Waals surface area contributed by atoms with Gasteiger partial charge in [-0.15, -0.1) is 0 Å². The zero-order valence-electron chi connectivity index (χ0n) is 13.0. The van der Waals surface area contributed by atoms with Crippen LogP contribution in [-0.2, 0) is 0 Å². The molecule has 2 rings (SSSR count). The molecule has 3 atom stereocenters. The Kier molecular flexibility index (Phi) is 7.07. The summed E-state index contributed by atoms with van der Waals surface area (Å²) in [6.45, 7) is 2.39. The van der Waals surface area contributed by atoms with Gasteiger partial charge in [-0.3, -0.25) is 0 Å². The molecule has 0 aromatic rings. The summed E-state index contributed by atoms with van der Waals surface area (Å²) in [6.07, 6.45) is 16.9. The van der Waals surface area contributed by atoms with E-state index in [0.717, 1.165) is 17.9 Å². The van der Waals surface area contributed by atoms with Crippen molar-refractivity contribution in [2.45, 2.75) is 83.2 Å². The Hall–Kier alpha value is 0.310. The van der Waals surface area contributed by atoms with Crippen molar-refractivity contribution in [3.8, 4) is 0 Å². The lowest BCUT2D eigenvalue weighted by Crippen LogP contribution is -2.46. The van der Waals surface area contributed by atoms with Crippen molar-refractivity contribution >= 4 is 11.8 Å². The molecule has 0 aromatic carbocycles. The van der Waals surface area contributed by atoms with Crippen molar-refractivity contribution in [3.63, 3.8) is 0 Å². The Labute approximate surface area is 124 Å². The zero-order valence-corrected chi connectivity index (χ0v) is 13.8. The molecule has 0 bridgehead atoms. The van der Waals surface area contributed by atoms with Crippen LogP contribution in [0.15, 0.2) is 0 Å². The molecule has 0 heterocycles. The highest BCUT2D eigenvalue weighted by Gasteiger charge is 2.32. The van der Waals surface area contributed by atoms with Crippen LogP contribution in [0.4, 0.5) is 0 Å². The van der Waals surface area contributed by atoms with E-state index >= 15 is 0 Å². The summed E-state index contributed by atoms with van der Waals surface area (Å²) in [7, 11) is 0. The van der Waals surface area contributed by atoms with E-state index < -0.39 is 0 Å². The highest BCUT2D eigenvalue weighted by Crippen LogP contribution is 2.38. The van der Waals surface area contributed by atoms with Crippen LogP contribution < -0.4 is 5.32 Å². The van der Waals surface area contributed by atoms with Crippen molar-refractivity contribution in [1.29, 1.82) is 0 Å². The smallest absolute Gasteiger partial charge is 0.0100 e. The Morgan fingerprint density at radius 2 is 1.68 bits per heavy atom. The van der Waals surface area contributed by atoms with Gasteiger partial charge in [0.2, 0.25) is 0 Å². The standard InChI is InChI=1S/C17H33NS/c1-14(12-13-19-2)18-17-11-7-6-10-16(17)15-8-4-3-5-9-15/h14-18H,3-13H2,1-2H3. The van der Waals surface area contributed by atoms with Crippen molar-refractivity contribution in [2.75, 3.05) is 12.0 Å². The summed E-state index contributed by atoms with van der Waals surface area (Å²) < 4.78 is 0. The Morgan fingerprint density at radius 3 is 2.42 bits per heavy atom. The molecule has 1 N–H and O–H groups in total. The predicted octanol–water partition coefficient (Wildman–Crippen LogP) is 4.86. The van der Waals surface area contributed by atoms with E-state index in [0.29, 0.717) is 6.04 Å². The number of thioether (sulfide) groups is 1. The van der Waals surface area contributed by atoms with Crippen LogP contribution in [0.3, 0.4) is 0 Å². The summed E-state index contributed by atoms with van der Waals surface area (Å²) in [6, 6.07) is 1.54. The van der Waals surface area contributed by atoms with E-state index in [-0.39, 0.29) is 0 Å². The Bertz CT molecular complexity index is 237. The van der Waals surface area contributed by atoms with Crippen LogP contribution in [0, 0.1) is 11.8 Å². The topological polar surface area (TPSA) is 12.0 Å². The van der Waals surface area contributed by atoms with Crippen molar-refractivity contribution in [2.24, 2.45) is 11.8 Å². The predicted molar refractivity (Wildman–Crippen MR) is 87.9 cm³/mol. The molecular formula is C17H33NS. The first-order valence-corrected chi connectivity index (χ1v) is 9.95. The summed E-state index contributed by atoms with van der Waals surface area (Å²) in [4.78, 5) is 0. The molecule has 0 saturated heterocycles. The molecule has 19 heavy (non-hydrogen) atoms. The monoisotopic (exact) mass is 283 g/mol. The van der Waals surface area contributed by atoms with Gasteiger partial charge >= 0.3 is 0 Å². The fourth-order valence-corrected chi connectivity index (χ4v) is 4.83. The largest absolute Gasteiger partial charge is 0.311 e. The van der Waals surface area contributed by atoms with Crippen LogP contribution in [-0.4, -0.2) is 24.1 Å². The lowest BCUT2D eigenvalue weighted by molar-refractivity contribution is 0.143. The van der Waals surface area contributed by atoms with Crippen molar-refractivity contribution in [3.05, 3.63) is 0 Å². The fourth-order valence-electron chi connectivity index (χ4n) is 4.24. The summed E-state index contributed by atoms with van der Waals surface area (Å²) >= 11 is 1.98. The third kappa shape index (κ3) is 4.97. The lowest BCUT2D eigenvalue weighted by Gasteiger charge is -2.40. The van der Waals surface area contributed by atoms with Crippen molar-refractivity contribution < 1.29 is 0 Å². The summed E-state index contributed by atoms with van der Waals surface area (Å²) in [5.74, 6) is 3.33. The van der Waals surface area contributed by atoms with Crippen LogP contribution in [0.2, 0.25) is 0 Å². The van der Waals surface area contributed by atoms with Gasteiger partial charge in [0.15, 0.2) is 0 Å². The second-order valence-electron chi connectivity index (χ2n) is 6.80. The minimum Gasteiger partial charge on any atom is -0.311 e. The molecule has 2 heteroatoms. The molecule has 2 aliphatic rings. The maximum Gasteiger partial charge on any atom is 0.0100 e. The molecule has 112 valence electrons. The van der Waals surface area contributed by atoms with E-state index in [1.54, 1.807) is 0 Å². The van der Waals surface area contributed by atoms with Gasteiger partial charge in [0.1, 0.15) is 0 Å². The first-order chi connectivity index (χ1) is 9.31. The molecule has 3 unspecified atom stereocenters. The second-order valence-corrected chi connectivity index (χ2v) is 7.79. The van der Waals surface area contributed by atoms with Gasteiger partial charge in [0, 0.05) is 12.1 Å². The molecule has 2 aliphatic carbocycles. The SMILES string of the molecule is CSCCC(C)NC1CCCCC1C1CCCCC1. The molecule has 1 nitrogen and oxygen atoms in total. The minimum atomic E-state index is 0.710. The normalized spacial score (nSPS) is 31.3. The molecule has 0 radical (unpaired) electrons. The molecule has 0 spiro atoms. The highest BCUT2D eigenvalue weighted by molar-refractivity contribution is 7.98. The number of rotatable bonds is 6. The van der Waals surface area contributed by atoms with Gasteiger partial charge < -0.3 is 5.32 Å². The number of nitrogens with one attached hydrogen (secondary N) is 1. The molecule has 2 saturated carbocycles. The molecular weight excluding hydrogens is 250 g/mol. The lowest BCUT2D eigenvalue weighted by atomic mass is 9.71. The third-order valence-electron chi connectivity index (χ3n) is 5.33. The summed E-state index contributed by atoms with van der Waals surface area (Å²) in [5.41, 5.74) is 0. The van der Waals surface area contributed by atoms with E-state index in [9.17, 15) is 0 Å². The minimum absolute atomic E-state index is 0.710. The maximum absolute atomic E-state index is 3.99. The average Bonchev–Trinajstić information content (AvgIpc) is 2.46. The first kappa shape index (κ1) is 15.7. The van der Waals surface area contributed by atoms with Crippen LogP contribution >= 0.6 is 11.8 Å². The van der Waals surface area contributed by atoms with E-state index in [1.165, 1.54) is 70.0 Å². The third-order valence-corrected chi connectivity index (χ3v) is 5.97. The zero-order chi connectivity index (χ0) is 13.5. The van der Waals surface area contributed by atoms with Gasteiger partial charge in [0.05, 0.1) is 0 Å². The maximum atomic E-state index is 3.99. The van der Waals surface area contributed by atoms with E-state index in [4.69, 9.17) is 0 Å². The fraction of sp³-hybridized carbons (Fsp3) is 1.00. The van der Waals surface area contributed by atoms with E-state index in [2.05, 4.69) is 18.5 Å². The first-order valence-electron chi connectivity index (χ1n) is 8.56. The Balaban J connectivity index is 1.84. The van der Waals surface area contributed by atoms with Gasteiger partial charge in [-0.2, -0.15) is 11.8 Å². The second kappa shape index (κ2) is 8.56. The van der Waals surface area contributed by atoms with Crippen LogP contribution in [0.25, 0.3) is 0 Å².